The van der Waals surface area contributed by atoms with E-state index in [0.29, 0.717) is 65.0 Å². The molecule has 7 rings (SSSR count). The van der Waals surface area contributed by atoms with Crippen LogP contribution in [0.5, 0.6) is 11.8 Å². The van der Waals surface area contributed by atoms with Crippen molar-refractivity contribution < 1.29 is 28.5 Å². The zero-order valence-corrected chi connectivity index (χ0v) is 24.4. The minimum Gasteiger partial charge on any atom is -0.508 e. The van der Waals surface area contributed by atoms with E-state index in [9.17, 15) is 23.8 Å². The first kappa shape index (κ1) is 28.2. The molecule has 43 heavy (non-hydrogen) atoms. The summed E-state index contributed by atoms with van der Waals surface area (Å²) in [5, 5.41) is 22.0. The number of hydrogen-bond acceptors (Lipinski definition) is 8. The van der Waals surface area contributed by atoms with Crippen molar-refractivity contribution in [3.8, 4) is 11.8 Å². The Labute approximate surface area is 249 Å². The number of aryl methyl sites for hydroxylation is 1. The number of fused-ring (bicyclic) bond motifs is 3. The molecule has 0 spiro atoms. The van der Waals surface area contributed by atoms with Gasteiger partial charge < -0.3 is 24.7 Å². The van der Waals surface area contributed by atoms with Gasteiger partial charge in [-0.1, -0.05) is 13.0 Å². The molecule has 3 atom stereocenters. The number of aliphatic hydroxyl groups is 1. The molecule has 4 aliphatic rings. The van der Waals surface area contributed by atoms with Gasteiger partial charge in [0.15, 0.2) is 0 Å². The van der Waals surface area contributed by atoms with Gasteiger partial charge in [-0.3, -0.25) is 9.69 Å². The van der Waals surface area contributed by atoms with E-state index in [0.717, 1.165) is 38.6 Å². The van der Waals surface area contributed by atoms with Crippen LogP contribution in [0.1, 0.15) is 67.1 Å². The first-order chi connectivity index (χ1) is 20.8. The number of nitrogens with zero attached hydrogens (tertiary/aromatic N) is 5. The van der Waals surface area contributed by atoms with Crippen LogP contribution < -0.4 is 14.5 Å². The molecule has 1 amide bonds. The lowest BCUT2D eigenvalue weighted by atomic mass is 9.95. The van der Waals surface area contributed by atoms with Crippen LogP contribution >= 0.6 is 0 Å². The van der Waals surface area contributed by atoms with E-state index < -0.39 is 6.17 Å². The summed E-state index contributed by atoms with van der Waals surface area (Å²) in [4.78, 5) is 29.4. The van der Waals surface area contributed by atoms with Crippen LogP contribution in [0, 0.1) is 5.82 Å². The Morgan fingerprint density at radius 2 is 2.02 bits per heavy atom. The molecule has 11 heteroatoms. The molecule has 9 nitrogen and oxygen atoms in total. The smallest absolute Gasteiger partial charge is 0.318 e. The Balaban J connectivity index is 1.31. The third kappa shape index (κ3) is 4.68. The van der Waals surface area contributed by atoms with Gasteiger partial charge in [0.05, 0.1) is 36.1 Å². The number of carbonyl (C=O) groups is 1. The topological polar surface area (TPSA) is 102 Å². The summed E-state index contributed by atoms with van der Waals surface area (Å²) in [6.45, 7) is 3.97. The van der Waals surface area contributed by atoms with Crippen molar-refractivity contribution in [2.24, 2.45) is 0 Å². The number of aromatic nitrogens is 2. The average molecular weight is 594 g/mol. The number of alkyl halides is 1. The monoisotopic (exact) mass is 593 g/mol. The zero-order valence-electron chi connectivity index (χ0n) is 24.4. The number of phenols is 1. The maximum absolute atomic E-state index is 15.0. The molecule has 2 N–H and O–H groups in total. The summed E-state index contributed by atoms with van der Waals surface area (Å²) in [7, 11) is 0. The van der Waals surface area contributed by atoms with Crippen LogP contribution in [0.15, 0.2) is 24.3 Å². The number of aromatic hydroxyl groups is 1. The molecule has 3 saturated heterocycles. The van der Waals surface area contributed by atoms with E-state index in [1.807, 2.05) is 11.8 Å². The number of carbonyl (C=O) groups excluding carboxylic acids is 1. The largest absolute Gasteiger partial charge is 0.508 e. The normalized spacial score (nSPS) is 25.5. The summed E-state index contributed by atoms with van der Waals surface area (Å²) >= 11 is 0. The number of amides is 1. The molecule has 3 fully saturated rings. The highest BCUT2D eigenvalue weighted by atomic mass is 19.1. The maximum Gasteiger partial charge on any atom is 0.318 e. The van der Waals surface area contributed by atoms with Crippen LogP contribution in [0.25, 0.3) is 10.8 Å². The van der Waals surface area contributed by atoms with E-state index in [4.69, 9.17) is 14.7 Å². The summed E-state index contributed by atoms with van der Waals surface area (Å²) in [6, 6.07) is 5.95. The van der Waals surface area contributed by atoms with Crippen LogP contribution in [-0.4, -0.2) is 81.6 Å². The molecule has 4 aliphatic heterocycles. The van der Waals surface area contributed by atoms with E-state index in [1.54, 1.807) is 12.1 Å². The molecule has 0 radical (unpaired) electrons. The van der Waals surface area contributed by atoms with Crippen molar-refractivity contribution in [1.82, 2.24) is 14.9 Å². The molecule has 228 valence electrons. The quantitative estimate of drug-likeness (QED) is 0.413. The van der Waals surface area contributed by atoms with Gasteiger partial charge in [-0.2, -0.15) is 9.97 Å². The number of ether oxygens (including phenoxy) is 1. The fourth-order valence-electron chi connectivity index (χ4n) is 7.78. The predicted octanol–water partition coefficient (Wildman–Crippen LogP) is 4.50. The fourth-order valence-corrected chi connectivity index (χ4v) is 7.78. The molecule has 1 unspecified atom stereocenters. The second-order valence-corrected chi connectivity index (χ2v) is 12.4. The second kappa shape index (κ2) is 10.9. The maximum atomic E-state index is 15.0. The van der Waals surface area contributed by atoms with Gasteiger partial charge in [0.1, 0.15) is 35.7 Å². The highest BCUT2D eigenvalue weighted by molar-refractivity contribution is 6.16. The van der Waals surface area contributed by atoms with Crippen molar-refractivity contribution in [1.29, 1.82) is 0 Å². The van der Waals surface area contributed by atoms with E-state index in [2.05, 4.69) is 4.90 Å². The fraction of sp³-hybridized carbons (Fsp3) is 0.531. The number of halogens is 2. The van der Waals surface area contributed by atoms with Gasteiger partial charge >= 0.3 is 6.01 Å². The third-order valence-electron chi connectivity index (χ3n) is 9.83. The number of phenolic OH excluding ortho intramolecular Hbond substituents is 1. The first-order valence-electron chi connectivity index (χ1n) is 15.4. The molecule has 0 aliphatic carbocycles. The van der Waals surface area contributed by atoms with Gasteiger partial charge in [-0.15, -0.1) is 0 Å². The standard InChI is InChI=1S/C32H37F2N5O4/c1-2-23-24(34)8-7-19-12-22(41)13-26(27(19)23)39-16-25-28(30(39)42)29(38-11-4-3-6-21(38)17-40)36-31(35-25)43-18-32-9-5-10-37(32)15-20(33)14-32/h7-8,12-13,20-21,40-41H,2-6,9-11,14-18H2,1H3/t20-,21?,32+/m1/s1. The Kier molecular flexibility index (Phi) is 7.12. The zero-order chi connectivity index (χ0) is 29.9. The molecule has 2 aromatic carbocycles. The van der Waals surface area contributed by atoms with E-state index >= 15 is 0 Å². The highest BCUT2D eigenvalue weighted by Gasteiger charge is 2.49. The summed E-state index contributed by atoms with van der Waals surface area (Å²) in [5.74, 6) is -0.347. The Morgan fingerprint density at radius 3 is 2.84 bits per heavy atom. The Morgan fingerprint density at radius 1 is 1.16 bits per heavy atom. The second-order valence-electron chi connectivity index (χ2n) is 12.4. The predicted molar refractivity (Wildman–Crippen MR) is 158 cm³/mol. The van der Waals surface area contributed by atoms with E-state index in [-0.39, 0.29) is 54.8 Å². The van der Waals surface area contributed by atoms with Crippen molar-refractivity contribution in [2.75, 3.05) is 42.6 Å². The van der Waals surface area contributed by atoms with Crippen LogP contribution in [0.2, 0.25) is 0 Å². The van der Waals surface area contributed by atoms with Crippen molar-refractivity contribution in [3.63, 3.8) is 0 Å². The van der Waals surface area contributed by atoms with Crippen molar-refractivity contribution in [3.05, 3.63) is 46.9 Å². The molecule has 3 aromatic rings. The Hall–Kier alpha value is -3.57. The third-order valence-corrected chi connectivity index (χ3v) is 9.83. The molecular weight excluding hydrogens is 556 g/mol. The van der Waals surface area contributed by atoms with Crippen LogP contribution in [0.3, 0.4) is 0 Å². The Bertz CT molecular complexity index is 1590. The van der Waals surface area contributed by atoms with Gasteiger partial charge in [-0.25, -0.2) is 8.78 Å². The van der Waals surface area contributed by atoms with Gasteiger partial charge in [0.25, 0.3) is 5.91 Å². The number of piperidine rings is 1. The molecular formula is C32H37F2N5O4. The number of rotatable bonds is 7. The van der Waals surface area contributed by atoms with Gasteiger partial charge in [0.2, 0.25) is 0 Å². The van der Waals surface area contributed by atoms with Gasteiger partial charge in [0, 0.05) is 31.0 Å². The van der Waals surface area contributed by atoms with Crippen LogP contribution in [0.4, 0.5) is 20.3 Å². The SMILES string of the molecule is CCc1c(F)ccc2cc(O)cc(N3Cc4nc(OC[C@@]56CCCN5C[C@H](F)C6)nc(N5CCCCC5CO)c4C3=O)c12. The minimum absolute atomic E-state index is 0.0327. The molecule has 0 saturated carbocycles. The van der Waals surface area contributed by atoms with Crippen molar-refractivity contribution in [2.45, 2.75) is 76.2 Å². The lowest BCUT2D eigenvalue weighted by Gasteiger charge is -2.36. The average Bonchev–Trinajstić information content (AvgIpc) is 3.64. The number of aliphatic hydroxyl groups excluding tert-OH is 1. The molecule has 5 heterocycles. The number of hydrogen-bond donors (Lipinski definition) is 2. The molecule has 0 bridgehead atoms. The highest BCUT2D eigenvalue weighted by Crippen LogP contribution is 2.43. The summed E-state index contributed by atoms with van der Waals surface area (Å²) in [6.07, 6.45) is 4.37. The molecule has 1 aromatic heterocycles. The number of anilines is 2. The first-order valence-corrected chi connectivity index (χ1v) is 15.4. The van der Waals surface area contributed by atoms with Crippen molar-refractivity contribution >= 4 is 28.2 Å². The lowest BCUT2D eigenvalue weighted by Crippen LogP contribution is -2.44. The summed E-state index contributed by atoms with van der Waals surface area (Å²) in [5.41, 5.74) is 1.27. The van der Waals surface area contributed by atoms with Crippen LogP contribution in [-0.2, 0) is 13.0 Å². The van der Waals surface area contributed by atoms with Gasteiger partial charge in [-0.05, 0) is 68.2 Å². The minimum atomic E-state index is -0.889. The summed E-state index contributed by atoms with van der Waals surface area (Å²) < 4.78 is 35.6. The lowest BCUT2D eigenvalue weighted by molar-refractivity contribution is 0.0995. The van der Waals surface area contributed by atoms with E-state index in [1.165, 1.54) is 17.0 Å². The number of benzene rings is 2.